The van der Waals surface area contributed by atoms with Crippen molar-refractivity contribution in [3.8, 4) is 0 Å². The van der Waals surface area contributed by atoms with Crippen molar-refractivity contribution in [1.82, 2.24) is 29.9 Å². The highest BCUT2D eigenvalue weighted by Crippen LogP contribution is 2.13. The molecule has 0 bridgehead atoms. The van der Waals surface area contributed by atoms with E-state index >= 15 is 0 Å². The zero-order valence-corrected chi connectivity index (χ0v) is 12.1. The molecule has 0 saturated heterocycles. The Morgan fingerprint density at radius 3 is 2.90 bits per heavy atom. The van der Waals surface area contributed by atoms with Crippen molar-refractivity contribution in [2.24, 2.45) is 0 Å². The summed E-state index contributed by atoms with van der Waals surface area (Å²) in [6.07, 6.45) is 4.96. The normalized spacial score (nSPS) is 12.5. The molecule has 7 nitrogen and oxygen atoms in total. The molecule has 3 heterocycles. The summed E-state index contributed by atoms with van der Waals surface area (Å²) in [6.45, 7) is 5.62. The fourth-order valence-electron chi connectivity index (χ4n) is 2.24. The van der Waals surface area contributed by atoms with Crippen LogP contribution in [-0.2, 0) is 0 Å². The number of aromatic amines is 1. The van der Waals surface area contributed by atoms with Crippen molar-refractivity contribution < 1.29 is 4.79 Å². The molecule has 0 spiro atoms. The monoisotopic (exact) mass is 284 g/mol. The maximum Gasteiger partial charge on any atom is 0.255 e. The predicted octanol–water partition coefficient (Wildman–Crippen LogP) is 1.56. The number of aryl methyl sites for hydroxylation is 2. The Hall–Kier alpha value is -2.70. The van der Waals surface area contributed by atoms with E-state index in [1.165, 1.54) is 0 Å². The molecule has 3 aromatic rings. The molecule has 3 rings (SSSR count). The summed E-state index contributed by atoms with van der Waals surface area (Å²) in [5.41, 5.74) is 2.87. The van der Waals surface area contributed by atoms with Crippen molar-refractivity contribution in [2.75, 3.05) is 0 Å². The number of amides is 1. The van der Waals surface area contributed by atoms with Crippen LogP contribution in [0.1, 0.15) is 40.5 Å². The van der Waals surface area contributed by atoms with E-state index < -0.39 is 0 Å². The summed E-state index contributed by atoms with van der Waals surface area (Å²) in [7, 11) is 0. The molecule has 1 unspecified atom stereocenters. The molecule has 0 aliphatic rings. The summed E-state index contributed by atoms with van der Waals surface area (Å²) in [4.78, 5) is 23.8. The van der Waals surface area contributed by atoms with Gasteiger partial charge in [0.2, 0.25) is 0 Å². The summed E-state index contributed by atoms with van der Waals surface area (Å²) in [5, 5.41) is 7.24. The first-order valence-electron chi connectivity index (χ1n) is 6.68. The molecule has 0 aliphatic carbocycles. The topological polar surface area (TPSA) is 88.0 Å². The van der Waals surface area contributed by atoms with E-state index in [2.05, 4.69) is 25.4 Å². The van der Waals surface area contributed by atoms with Crippen LogP contribution in [0, 0.1) is 13.8 Å². The molecule has 0 radical (unpaired) electrons. The first kappa shape index (κ1) is 13.3. The summed E-state index contributed by atoms with van der Waals surface area (Å²) in [6, 6.07) is 1.67. The third kappa shape index (κ3) is 2.37. The molecule has 3 aromatic heterocycles. The van der Waals surface area contributed by atoms with E-state index in [-0.39, 0.29) is 11.9 Å². The lowest BCUT2D eigenvalue weighted by Gasteiger charge is -2.13. The van der Waals surface area contributed by atoms with Gasteiger partial charge in [0.25, 0.3) is 5.91 Å². The van der Waals surface area contributed by atoms with Crippen LogP contribution >= 0.6 is 0 Å². The minimum absolute atomic E-state index is 0.195. The number of hydrogen-bond acceptors (Lipinski definition) is 4. The van der Waals surface area contributed by atoms with Crippen molar-refractivity contribution in [1.29, 1.82) is 0 Å². The minimum Gasteiger partial charge on any atom is -0.347 e. The van der Waals surface area contributed by atoms with Gasteiger partial charge in [-0.3, -0.25) is 4.79 Å². The van der Waals surface area contributed by atoms with Crippen LogP contribution in [-0.4, -0.2) is 30.5 Å². The number of carbonyl (C=O) groups excluding carboxylic acids is 1. The lowest BCUT2D eigenvalue weighted by atomic mass is 10.2. The molecule has 0 aromatic carbocycles. The van der Waals surface area contributed by atoms with Crippen LogP contribution in [0.15, 0.2) is 24.7 Å². The molecule has 1 atom stereocenters. The Labute approximate surface area is 121 Å². The predicted molar refractivity (Wildman–Crippen MR) is 76.9 cm³/mol. The van der Waals surface area contributed by atoms with Gasteiger partial charge in [0.05, 0.1) is 23.0 Å². The molecular formula is C14H16N6O. The van der Waals surface area contributed by atoms with Gasteiger partial charge in [-0.1, -0.05) is 0 Å². The fourth-order valence-corrected chi connectivity index (χ4v) is 2.24. The van der Waals surface area contributed by atoms with E-state index in [1.807, 2.05) is 26.8 Å². The number of H-pyrrole nitrogens is 1. The molecule has 2 N–H and O–H groups in total. The molecule has 108 valence electrons. The second-order valence-electron chi connectivity index (χ2n) is 4.98. The van der Waals surface area contributed by atoms with Gasteiger partial charge in [0.15, 0.2) is 5.65 Å². The molecule has 0 aliphatic heterocycles. The van der Waals surface area contributed by atoms with Crippen LogP contribution in [0.2, 0.25) is 0 Å². The SMILES string of the molecule is Cc1cc2ncc(C(=O)NC(C)c3ncc[nH]3)c(C)n2n1. The number of nitrogens with zero attached hydrogens (tertiary/aromatic N) is 4. The zero-order valence-electron chi connectivity index (χ0n) is 12.1. The van der Waals surface area contributed by atoms with Crippen molar-refractivity contribution in [3.63, 3.8) is 0 Å². The van der Waals surface area contributed by atoms with Gasteiger partial charge in [-0.2, -0.15) is 5.10 Å². The third-order valence-electron chi connectivity index (χ3n) is 3.37. The Bertz CT molecular complexity index is 789. The lowest BCUT2D eigenvalue weighted by Crippen LogP contribution is -2.28. The van der Waals surface area contributed by atoms with E-state index in [0.717, 1.165) is 17.0 Å². The van der Waals surface area contributed by atoms with Crippen LogP contribution in [0.3, 0.4) is 0 Å². The highest BCUT2D eigenvalue weighted by molar-refractivity contribution is 5.95. The smallest absolute Gasteiger partial charge is 0.255 e. The Morgan fingerprint density at radius 2 is 2.19 bits per heavy atom. The molecular weight excluding hydrogens is 268 g/mol. The van der Waals surface area contributed by atoms with Gasteiger partial charge in [0, 0.05) is 24.7 Å². The van der Waals surface area contributed by atoms with E-state index in [0.29, 0.717) is 11.4 Å². The maximum atomic E-state index is 12.4. The summed E-state index contributed by atoms with van der Waals surface area (Å²) >= 11 is 0. The molecule has 0 saturated carbocycles. The largest absolute Gasteiger partial charge is 0.347 e. The highest BCUT2D eigenvalue weighted by Gasteiger charge is 2.17. The summed E-state index contributed by atoms with van der Waals surface area (Å²) in [5.74, 6) is 0.518. The fraction of sp³-hybridized carbons (Fsp3) is 0.286. The Kier molecular flexibility index (Phi) is 3.17. The molecule has 7 heteroatoms. The van der Waals surface area contributed by atoms with E-state index in [9.17, 15) is 4.79 Å². The second kappa shape index (κ2) is 5.01. The van der Waals surface area contributed by atoms with E-state index in [4.69, 9.17) is 0 Å². The minimum atomic E-state index is -0.207. The van der Waals surface area contributed by atoms with Gasteiger partial charge in [-0.05, 0) is 20.8 Å². The highest BCUT2D eigenvalue weighted by atomic mass is 16.1. The number of imidazole rings is 1. The van der Waals surface area contributed by atoms with Gasteiger partial charge in [0.1, 0.15) is 5.82 Å². The first-order chi connectivity index (χ1) is 10.1. The van der Waals surface area contributed by atoms with Gasteiger partial charge in [-0.25, -0.2) is 14.5 Å². The van der Waals surface area contributed by atoms with Crippen LogP contribution in [0.4, 0.5) is 0 Å². The van der Waals surface area contributed by atoms with E-state index in [1.54, 1.807) is 23.1 Å². The molecule has 0 fully saturated rings. The quantitative estimate of drug-likeness (QED) is 0.764. The summed E-state index contributed by atoms with van der Waals surface area (Å²) < 4.78 is 1.68. The number of aromatic nitrogens is 5. The molecule has 1 amide bonds. The zero-order chi connectivity index (χ0) is 15.0. The van der Waals surface area contributed by atoms with Gasteiger partial charge >= 0.3 is 0 Å². The Morgan fingerprint density at radius 1 is 1.38 bits per heavy atom. The number of rotatable bonds is 3. The van der Waals surface area contributed by atoms with Crippen molar-refractivity contribution in [2.45, 2.75) is 26.8 Å². The number of nitrogens with one attached hydrogen (secondary N) is 2. The van der Waals surface area contributed by atoms with Crippen LogP contribution < -0.4 is 5.32 Å². The average molecular weight is 284 g/mol. The van der Waals surface area contributed by atoms with Gasteiger partial charge < -0.3 is 10.3 Å². The first-order valence-corrected chi connectivity index (χ1v) is 6.68. The Balaban J connectivity index is 1.89. The van der Waals surface area contributed by atoms with Crippen LogP contribution in [0.5, 0.6) is 0 Å². The third-order valence-corrected chi connectivity index (χ3v) is 3.37. The standard InChI is InChI=1S/C14H16N6O/c1-8-6-12-17-7-11(10(3)20(12)19-8)14(21)18-9(2)13-15-4-5-16-13/h4-7,9H,1-3H3,(H,15,16)(H,18,21). The van der Waals surface area contributed by atoms with Crippen molar-refractivity contribution in [3.05, 3.63) is 47.4 Å². The van der Waals surface area contributed by atoms with Crippen molar-refractivity contribution >= 4 is 11.6 Å². The second-order valence-corrected chi connectivity index (χ2v) is 4.98. The van der Waals surface area contributed by atoms with Gasteiger partial charge in [-0.15, -0.1) is 0 Å². The van der Waals surface area contributed by atoms with Crippen LogP contribution in [0.25, 0.3) is 5.65 Å². The number of fused-ring (bicyclic) bond motifs is 1. The average Bonchev–Trinajstić information content (AvgIpc) is 3.07. The number of hydrogen-bond donors (Lipinski definition) is 2. The number of carbonyl (C=O) groups is 1. The molecule has 21 heavy (non-hydrogen) atoms. The maximum absolute atomic E-state index is 12.4. The lowest BCUT2D eigenvalue weighted by molar-refractivity contribution is 0.0936.